The summed E-state index contributed by atoms with van der Waals surface area (Å²) in [5.41, 5.74) is 0.846. The molecule has 1 aromatic carbocycles. The Balaban J connectivity index is 2.03. The van der Waals surface area contributed by atoms with Gasteiger partial charge in [0.15, 0.2) is 17.3 Å². The standard InChI is InChI=1S/C11H10N4O2/c1-12-10-5-13-15-11(14-10)7-2-3-8-9(4-7)17-6-16-8/h2-5H,6H2,1H3,(H,12,14,15). The molecule has 0 saturated heterocycles. The van der Waals surface area contributed by atoms with E-state index in [9.17, 15) is 0 Å². The van der Waals surface area contributed by atoms with Crippen molar-refractivity contribution in [2.75, 3.05) is 19.2 Å². The Kier molecular flexibility index (Phi) is 2.25. The number of anilines is 1. The summed E-state index contributed by atoms with van der Waals surface area (Å²) >= 11 is 0. The number of aromatic nitrogens is 3. The Morgan fingerprint density at radius 3 is 3.00 bits per heavy atom. The van der Waals surface area contributed by atoms with Crippen LogP contribution >= 0.6 is 0 Å². The van der Waals surface area contributed by atoms with E-state index in [-0.39, 0.29) is 6.79 Å². The molecule has 17 heavy (non-hydrogen) atoms. The van der Waals surface area contributed by atoms with Crippen molar-refractivity contribution in [3.63, 3.8) is 0 Å². The first kappa shape index (κ1) is 9.83. The molecule has 0 radical (unpaired) electrons. The minimum atomic E-state index is 0.258. The molecular weight excluding hydrogens is 220 g/mol. The van der Waals surface area contributed by atoms with Gasteiger partial charge in [-0.3, -0.25) is 0 Å². The van der Waals surface area contributed by atoms with Crippen LogP contribution < -0.4 is 14.8 Å². The quantitative estimate of drug-likeness (QED) is 0.838. The molecule has 6 nitrogen and oxygen atoms in total. The van der Waals surface area contributed by atoms with Crippen LogP contribution in [0.1, 0.15) is 0 Å². The van der Waals surface area contributed by atoms with Crippen LogP contribution in [0.15, 0.2) is 24.4 Å². The fourth-order valence-corrected chi connectivity index (χ4v) is 1.58. The number of hydrogen-bond acceptors (Lipinski definition) is 6. The normalized spacial score (nSPS) is 12.5. The van der Waals surface area contributed by atoms with E-state index in [0.29, 0.717) is 17.4 Å². The molecule has 0 fully saturated rings. The molecule has 1 aromatic heterocycles. The zero-order chi connectivity index (χ0) is 11.7. The summed E-state index contributed by atoms with van der Waals surface area (Å²) in [5, 5.41) is 10.8. The predicted octanol–water partition coefficient (Wildman–Crippen LogP) is 1.31. The second-order valence-electron chi connectivity index (χ2n) is 3.48. The second kappa shape index (κ2) is 3.89. The average Bonchev–Trinajstić information content (AvgIpc) is 2.86. The van der Waals surface area contributed by atoms with Crippen molar-refractivity contribution < 1.29 is 9.47 Å². The average molecular weight is 230 g/mol. The van der Waals surface area contributed by atoms with Gasteiger partial charge in [0.25, 0.3) is 0 Å². The highest BCUT2D eigenvalue weighted by Crippen LogP contribution is 2.34. The molecule has 0 aliphatic carbocycles. The maximum absolute atomic E-state index is 5.30. The first-order valence-electron chi connectivity index (χ1n) is 5.14. The summed E-state index contributed by atoms with van der Waals surface area (Å²) in [4.78, 5) is 4.31. The van der Waals surface area contributed by atoms with Crippen molar-refractivity contribution in [3.8, 4) is 22.9 Å². The summed E-state index contributed by atoms with van der Waals surface area (Å²) in [6, 6.07) is 5.57. The summed E-state index contributed by atoms with van der Waals surface area (Å²) in [7, 11) is 1.79. The predicted molar refractivity (Wildman–Crippen MR) is 60.9 cm³/mol. The van der Waals surface area contributed by atoms with Gasteiger partial charge in [0.2, 0.25) is 6.79 Å². The molecule has 6 heteroatoms. The monoisotopic (exact) mass is 230 g/mol. The lowest BCUT2D eigenvalue weighted by Gasteiger charge is -2.03. The maximum atomic E-state index is 5.30. The molecule has 0 saturated carbocycles. The van der Waals surface area contributed by atoms with Crippen LogP contribution in [0.5, 0.6) is 11.5 Å². The number of nitrogens with one attached hydrogen (secondary N) is 1. The largest absolute Gasteiger partial charge is 0.454 e. The third-order valence-electron chi connectivity index (χ3n) is 2.45. The smallest absolute Gasteiger partial charge is 0.231 e. The lowest BCUT2D eigenvalue weighted by molar-refractivity contribution is 0.174. The number of ether oxygens (including phenoxy) is 2. The molecule has 0 spiro atoms. The van der Waals surface area contributed by atoms with Gasteiger partial charge in [-0.2, -0.15) is 5.10 Å². The zero-order valence-electron chi connectivity index (χ0n) is 9.17. The molecule has 1 aliphatic heterocycles. The highest BCUT2D eigenvalue weighted by molar-refractivity contribution is 5.62. The lowest BCUT2D eigenvalue weighted by Crippen LogP contribution is -1.98. The summed E-state index contributed by atoms with van der Waals surface area (Å²) < 4.78 is 10.5. The van der Waals surface area contributed by atoms with Crippen molar-refractivity contribution in [3.05, 3.63) is 24.4 Å². The fourth-order valence-electron chi connectivity index (χ4n) is 1.58. The van der Waals surface area contributed by atoms with Crippen molar-refractivity contribution in [2.45, 2.75) is 0 Å². The van der Waals surface area contributed by atoms with Gasteiger partial charge in [0, 0.05) is 12.6 Å². The number of hydrogen-bond donors (Lipinski definition) is 1. The van der Waals surface area contributed by atoms with Crippen LogP contribution in [-0.4, -0.2) is 29.0 Å². The Hall–Kier alpha value is -2.37. The lowest BCUT2D eigenvalue weighted by atomic mass is 10.2. The third-order valence-corrected chi connectivity index (χ3v) is 2.45. The highest BCUT2D eigenvalue weighted by Gasteiger charge is 2.15. The number of fused-ring (bicyclic) bond motifs is 1. The Morgan fingerprint density at radius 1 is 1.24 bits per heavy atom. The molecule has 1 N–H and O–H groups in total. The van der Waals surface area contributed by atoms with Crippen molar-refractivity contribution in [1.82, 2.24) is 15.2 Å². The van der Waals surface area contributed by atoms with E-state index in [1.165, 1.54) is 0 Å². The van der Waals surface area contributed by atoms with Crippen LogP contribution in [0.4, 0.5) is 5.82 Å². The van der Waals surface area contributed by atoms with Crippen molar-refractivity contribution in [2.24, 2.45) is 0 Å². The first-order chi connectivity index (χ1) is 8.36. The Bertz CT molecular complexity index is 559. The molecule has 0 unspecified atom stereocenters. The Labute approximate surface area is 97.6 Å². The molecule has 1 aliphatic rings. The summed E-state index contributed by atoms with van der Waals surface area (Å²) in [6.07, 6.45) is 1.57. The van der Waals surface area contributed by atoms with E-state index < -0.39 is 0 Å². The summed E-state index contributed by atoms with van der Waals surface area (Å²) in [5.74, 6) is 2.68. The summed E-state index contributed by atoms with van der Waals surface area (Å²) in [6.45, 7) is 0.258. The van der Waals surface area contributed by atoms with Gasteiger partial charge in [0.1, 0.15) is 5.82 Å². The first-order valence-corrected chi connectivity index (χ1v) is 5.14. The topological polar surface area (TPSA) is 69.2 Å². The second-order valence-corrected chi connectivity index (χ2v) is 3.48. The van der Waals surface area contributed by atoms with E-state index in [1.54, 1.807) is 13.2 Å². The minimum absolute atomic E-state index is 0.258. The highest BCUT2D eigenvalue weighted by atomic mass is 16.7. The van der Waals surface area contributed by atoms with Crippen LogP contribution in [0.2, 0.25) is 0 Å². The maximum Gasteiger partial charge on any atom is 0.231 e. The van der Waals surface area contributed by atoms with E-state index >= 15 is 0 Å². The van der Waals surface area contributed by atoms with Gasteiger partial charge >= 0.3 is 0 Å². The zero-order valence-corrected chi connectivity index (χ0v) is 9.17. The van der Waals surface area contributed by atoms with E-state index in [2.05, 4.69) is 20.5 Å². The van der Waals surface area contributed by atoms with Gasteiger partial charge in [-0.15, -0.1) is 5.10 Å². The number of nitrogens with zero attached hydrogens (tertiary/aromatic N) is 3. The van der Waals surface area contributed by atoms with Gasteiger partial charge < -0.3 is 14.8 Å². The molecule has 0 atom stereocenters. The third kappa shape index (κ3) is 1.73. The molecular formula is C11H10N4O2. The SMILES string of the molecule is CNc1cnnc(-c2ccc3c(c2)OCO3)n1. The molecule has 2 aromatic rings. The van der Waals surface area contributed by atoms with E-state index in [4.69, 9.17) is 9.47 Å². The van der Waals surface area contributed by atoms with Crippen LogP contribution in [-0.2, 0) is 0 Å². The van der Waals surface area contributed by atoms with Gasteiger partial charge in [0.05, 0.1) is 6.20 Å². The fraction of sp³-hybridized carbons (Fsp3) is 0.182. The van der Waals surface area contributed by atoms with Crippen molar-refractivity contribution in [1.29, 1.82) is 0 Å². The van der Waals surface area contributed by atoms with E-state index in [0.717, 1.165) is 11.3 Å². The van der Waals surface area contributed by atoms with Crippen LogP contribution in [0.25, 0.3) is 11.4 Å². The Morgan fingerprint density at radius 2 is 2.12 bits per heavy atom. The van der Waals surface area contributed by atoms with Crippen LogP contribution in [0, 0.1) is 0 Å². The molecule has 0 amide bonds. The van der Waals surface area contributed by atoms with Crippen LogP contribution in [0.3, 0.4) is 0 Å². The molecule has 0 bridgehead atoms. The van der Waals surface area contributed by atoms with E-state index in [1.807, 2.05) is 18.2 Å². The van der Waals surface area contributed by atoms with Crippen molar-refractivity contribution >= 4 is 5.82 Å². The number of benzene rings is 1. The van der Waals surface area contributed by atoms with Gasteiger partial charge in [-0.1, -0.05) is 0 Å². The number of rotatable bonds is 2. The van der Waals surface area contributed by atoms with Gasteiger partial charge in [-0.05, 0) is 18.2 Å². The van der Waals surface area contributed by atoms with Gasteiger partial charge in [-0.25, -0.2) is 4.98 Å². The molecule has 3 rings (SSSR count). The minimum Gasteiger partial charge on any atom is -0.454 e. The molecule has 2 heterocycles. The molecule has 86 valence electrons.